The molecule has 17 heavy (non-hydrogen) atoms. The van der Waals surface area contributed by atoms with Gasteiger partial charge in [0.15, 0.2) is 0 Å². The lowest BCUT2D eigenvalue weighted by Gasteiger charge is -2.14. The summed E-state index contributed by atoms with van der Waals surface area (Å²) in [5.41, 5.74) is 1.98. The topological polar surface area (TPSA) is 29.1 Å². The fourth-order valence-corrected chi connectivity index (χ4v) is 2.65. The maximum atomic E-state index is 12.2. The van der Waals surface area contributed by atoms with Crippen molar-refractivity contribution >= 4 is 5.91 Å². The van der Waals surface area contributed by atoms with Gasteiger partial charge in [-0.15, -0.1) is 0 Å². The fraction of sp³-hybridized carbons (Fsp3) is 0.533. The lowest BCUT2D eigenvalue weighted by molar-refractivity contribution is 0.0936. The van der Waals surface area contributed by atoms with Crippen molar-refractivity contribution in [2.75, 3.05) is 0 Å². The number of carbonyl (C=O) groups is 1. The van der Waals surface area contributed by atoms with Gasteiger partial charge in [-0.2, -0.15) is 0 Å². The Kier molecular flexibility index (Phi) is 3.82. The molecule has 0 aromatic heterocycles. The largest absolute Gasteiger partial charge is 0.349 e. The second kappa shape index (κ2) is 5.35. The van der Waals surface area contributed by atoms with Crippen LogP contribution in [0.4, 0.5) is 0 Å². The molecular formula is C15H21NO. The van der Waals surface area contributed by atoms with Gasteiger partial charge in [0.2, 0.25) is 0 Å². The number of aryl methyl sites for hydroxylation is 1. The molecular weight excluding hydrogens is 210 g/mol. The minimum Gasteiger partial charge on any atom is -0.349 e. The molecule has 2 unspecified atom stereocenters. The number of rotatable bonds is 3. The Morgan fingerprint density at radius 3 is 2.76 bits per heavy atom. The average Bonchev–Trinajstić information content (AvgIpc) is 2.74. The molecule has 2 heteroatoms. The van der Waals surface area contributed by atoms with Crippen LogP contribution in [-0.4, -0.2) is 11.9 Å². The second-order valence-electron chi connectivity index (χ2n) is 5.10. The van der Waals surface area contributed by atoms with E-state index < -0.39 is 0 Å². The Balaban J connectivity index is 2.04. The van der Waals surface area contributed by atoms with Crippen LogP contribution in [0.25, 0.3) is 0 Å². The van der Waals surface area contributed by atoms with Crippen LogP contribution in [0.5, 0.6) is 0 Å². The first kappa shape index (κ1) is 12.2. The van der Waals surface area contributed by atoms with Gasteiger partial charge in [-0.25, -0.2) is 0 Å². The van der Waals surface area contributed by atoms with Crippen molar-refractivity contribution in [3.63, 3.8) is 0 Å². The SMILES string of the molecule is CCc1ccccc1C(=O)NC1CCC(C)C1. The molecule has 92 valence electrons. The van der Waals surface area contributed by atoms with Crippen LogP contribution in [0.15, 0.2) is 24.3 Å². The fourth-order valence-electron chi connectivity index (χ4n) is 2.65. The highest BCUT2D eigenvalue weighted by atomic mass is 16.1. The Hall–Kier alpha value is -1.31. The molecule has 2 nitrogen and oxygen atoms in total. The van der Waals surface area contributed by atoms with E-state index in [9.17, 15) is 4.79 Å². The molecule has 1 amide bonds. The molecule has 1 aromatic carbocycles. The molecule has 1 aromatic rings. The number of carbonyl (C=O) groups excluding carboxylic acids is 1. The smallest absolute Gasteiger partial charge is 0.251 e. The lowest BCUT2D eigenvalue weighted by atomic mass is 10.0. The summed E-state index contributed by atoms with van der Waals surface area (Å²) >= 11 is 0. The van der Waals surface area contributed by atoms with Gasteiger partial charge in [0.25, 0.3) is 5.91 Å². The Morgan fingerprint density at radius 1 is 1.35 bits per heavy atom. The zero-order chi connectivity index (χ0) is 12.3. The summed E-state index contributed by atoms with van der Waals surface area (Å²) in [5, 5.41) is 3.16. The third-order valence-corrected chi connectivity index (χ3v) is 3.67. The standard InChI is InChI=1S/C15H21NO/c1-3-12-6-4-5-7-14(12)15(17)16-13-9-8-11(2)10-13/h4-7,11,13H,3,8-10H2,1-2H3,(H,16,17). The molecule has 2 atom stereocenters. The number of amides is 1. The highest BCUT2D eigenvalue weighted by Gasteiger charge is 2.23. The highest BCUT2D eigenvalue weighted by molar-refractivity contribution is 5.95. The number of hydrogen-bond donors (Lipinski definition) is 1. The zero-order valence-electron chi connectivity index (χ0n) is 10.7. The van der Waals surface area contributed by atoms with E-state index in [2.05, 4.69) is 19.2 Å². The van der Waals surface area contributed by atoms with Crippen molar-refractivity contribution < 1.29 is 4.79 Å². The minimum atomic E-state index is 0.0987. The molecule has 0 saturated heterocycles. The van der Waals surface area contributed by atoms with E-state index in [1.807, 2.05) is 24.3 Å². The highest BCUT2D eigenvalue weighted by Crippen LogP contribution is 2.25. The normalized spacial score (nSPS) is 23.6. The van der Waals surface area contributed by atoms with E-state index >= 15 is 0 Å². The molecule has 1 fully saturated rings. The van der Waals surface area contributed by atoms with Crippen molar-refractivity contribution in [3.05, 3.63) is 35.4 Å². The molecule has 1 aliphatic rings. The maximum Gasteiger partial charge on any atom is 0.251 e. The van der Waals surface area contributed by atoms with Crippen LogP contribution in [0.2, 0.25) is 0 Å². The quantitative estimate of drug-likeness (QED) is 0.850. The molecule has 0 heterocycles. The maximum absolute atomic E-state index is 12.2. The monoisotopic (exact) mass is 231 g/mol. The van der Waals surface area contributed by atoms with Gasteiger partial charge in [0.1, 0.15) is 0 Å². The molecule has 2 rings (SSSR count). The van der Waals surface area contributed by atoms with Gasteiger partial charge in [0, 0.05) is 11.6 Å². The minimum absolute atomic E-state index is 0.0987. The van der Waals surface area contributed by atoms with E-state index in [0.717, 1.165) is 36.3 Å². The summed E-state index contributed by atoms with van der Waals surface area (Å²) in [6.07, 6.45) is 4.40. The van der Waals surface area contributed by atoms with Gasteiger partial charge < -0.3 is 5.32 Å². The Bertz CT molecular complexity index is 400. The summed E-state index contributed by atoms with van der Waals surface area (Å²) in [7, 11) is 0. The average molecular weight is 231 g/mol. The predicted molar refractivity (Wildman–Crippen MR) is 70.1 cm³/mol. The second-order valence-corrected chi connectivity index (χ2v) is 5.10. The third-order valence-electron chi connectivity index (χ3n) is 3.67. The summed E-state index contributed by atoms with van der Waals surface area (Å²) in [6.45, 7) is 4.34. The van der Waals surface area contributed by atoms with E-state index in [-0.39, 0.29) is 5.91 Å². The Labute approximate surface area is 103 Å². The summed E-state index contributed by atoms with van der Waals surface area (Å²) in [5.74, 6) is 0.850. The van der Waals surface area contributed by atoms with Crippen LogP contribution in [-0.2, 0) is 6.42 Å². The molecule has 0 spiro atoms. The molecule has 0 bridgehead atoms. The molecule has 0 radical (unpaired) electrons. The number of hydrogen-bond acceptors (Lipinski definition) is 1. The molecule has 1 N–H and O–H groups in total. The van der Waals surface area contributed by atoms with Gasteiger partial charge in [0.05, 0.1) is 0 Å². The summed E-state index contributed by atoms with van der Waals surface area (Å²) in [4.78, 5) is 12.2. The number of benzene rings is 1. The van der Waals surface area contributed by atoms with Crippen LogP contribution in [0.1, 0.15) is 49.0 Å². The van der Waals surface area contributed by atoms with Crippen LogP contribution in [0, 0.1) is 5.92 Å². The van der Waals surface area contributed by atoms with Crippen molar-refractivity contribution in [1.82, 2.24) is 5.32 Å². The Morgan fingerprint density at radius 2 is 2.12 bits per heavy atom. The summed E-state index contributed by atoms with van der Waals surface area (Å²) in [6, 6.07) is 8.26. The van der Waals surface area contributed by atoms with Gasteiger partial charge in [-0.3, -0.25) is 4.79 Å². The van der Waals surface area contributed by atoms with Gasteiger partial charge >= 0.3 is 0 Å². The van der Waals surface area contributed by atoms with Crippen LogP contribution >= 0.6 is 0 Å². The van der Waals surface area contributed by atoms with E-state index in [1.54, 1.807) is 0 Å². The van der Waals surface area contributed by atoms with Crippen LogP contribution < -0.4 is 5.32 Å². The van der Waals surface area contributed by atoms with Crippen molar-refractivity contribution in [1.29, 1.82) is 0 Å². The molecule has 1 saturated carbocycles. The van der Waals surface area contributed by atoms with E-state index in [4.69, 9.17) is 0 Å². The zero-order valence-corrected chi connectivity index (χ0v) is 10.7. The van der Waals surface area contributed by atoms with E-state index in [1.165, 1.54) is 6.42 Å². The molecule has 0 aliphatic heterocycles. The van der Waals surface area contributed by atoms with Gasteiger partial charge in [-0.05, 0) is 43.2 Å². The predicted octanol–water partition coefficient (Wildman–Crippen LogP) is 3.17. The number of nitrogens with one attached hydrogen (secondary N) is 1. The molecule has 1 aliphatic carbocycles. The third kappa shape index (κ3) is 2.87. The first-order valence-electron chi connectivity index (χ1n) is 6.59. The van der Waals surface area contributed by atoms with Gasteiger partial charge in [-0.1, -0.05) is 32.0 Å². The van der Waals surface area contributed by atoms with Crippen molar-refractivity contribution in [2.24, 2.45) is 5.92 Å². The van der Waals surface area contributed by atoms with Crippen molar-refractivity contribution in [3.8, 4) is 0 Å². The first-order chi connectivity index (χ1) is 8.20. The van der Waals surface area contributed by atoms with Crippen LogP contribution in [0.3, 0.4) is 0 Å². The van der Waals surface area contributed by atoms with E-state index in [0.29, 0.717) is 6.04 Å². The van der Waals surface area contributed by atoms with Crippen molar-refractivity contribution in [2.45, 2.75) is 45.6 Å². The first-order valence-corrected chi connectivity index (χ1v) is 6.59. The lowest BCUT2D eigenvalue weighted by Crippen LogP contribution is -2.33. The summed E-state index contributed by atoms with van der Waals surface area (Å²) < 4.78 is 0.